The summed E-state index contributed by atoms with van der Waals surface area (Å²) in [6.07, 6.45) is 1.14. The molecule has 4 heteroatoms. The van der Waals surface area contributed by atoms with Gasteiger partial charge in [0.2, 0.25) is 0 Å². The van der Waals surface area contributed by atoms with Gasteiger partial charge in [0.05, 0.1) is 12.7 Å². The van der Waals surface area contributed by atoms with E-state index in [1.165, 1.54) is 7.11 Å². The van der Waals surface area contributed by atoms with Crippen LogP contribution in [0.25, 0.3) is 5.57 Å². The summed E-state index contributed by atoms with van der Waals surface area (Å²) in [6.45, 7) is 0. The van der Waals surface area contributed by atoms with Crippen LogP contribution in [0.15, 0.2) is 30.3 Å². The number of carbonyl (C=O) groups excluding carboxylic acids is 1. The molecule has 0 bridgehead atoms. The van der Waals surface area contributed by atoms with Crippen LogP contribution in [0.2, 0.25) is 5.02 Å². The molecule has 1 rings (SSSR count). The number of allylic oxidation sites excluding steroid dienone is 1. The van der Waals surface area contributed by atoms with Crippen LogP contribution >= 0.6 is 11.6 Å². The van der Waals surface area contributed by atoms with Crippen LogP contribution in [0, 0.1) is 11.3 Å². The summed E-state index contributed by atoms with van der Waals surface area (Å²) in [5.74, 6) is -0.554. The van der Waals surface area contributed by atoms with Crippen LogP contribution in [0.3, 0.4) is 0 Å². The van der Waals surface area contributed by atoms with Gasteiger partial charge >= 0.3 is 5.97 Å². The van der Waals surface area contributed by atoms with Gasteiger partial charge in [0, 0.05) is 11.1 Å². The third kappa shape index (κ3) is 3.12. The molecule has 0 fully saturated rings. The molecule has 0 N–H and O–H groups in total. The van der Waals surface area contributed by atoms with Gasteiger partial charge in [-0.1, -0.05) is 23.7 Å². The minimum Gasteiger partial charge on any atom is -0.466 e. The van der Waals surface area contributed by atoms with Gasteiger partial charge in [0.25, 0.3) is 0 Å². The lowest BCUT2D eigenvalue weighted by atomic mass is 10.1. The second-order valence-electron chi connectivity index (χ2n) is 2.70. The Morgan fingerprint density at radius 3 is 2.53 bits per heavy atom. The number of methoxy groups -OCH3 is 1. The predicted octanol–water partition coefficient (Wildman–Crippen LogP) is 2.42. The Kier molecular flexibility index (Phi) is 3.90. The Hall–Kier alpha value is -1.79. The largest absolute Gasteiger partial charge is 0.466 e. The standard InChI is InChI=1S/C11H8ClNO2/c1-15-11(14)6-9(7-13)8-2-4-10(12)5-3-8/h2-6H,1H3. The van der Waals surface area contributed by atoms with E-state index in [2.05, 4.69) is 4.74 Å². The monoisotopic (exact) mass is 221 g/mol. The van der Waals surface area contributed by atoms with E-state index in [1.807, 2.05) is 6.07 Å². The number of halogens is 1. The Bertz CT molecular complexity index is 429. The zero-order chi connectivity index (χ0) is 11.3. The topological polar surface area (TPSA) is 50.1 Å². The van der Waals surface area contributed by atoms with E-state index in [0.29, 0.717) is 10.6 Å². The van der Waals surface area contributed by atoms with Gasteiger partial charge in [0.15, 0.2) is 0 Å². The van der Waals surface area contributed by atoms with Gasteiger partial charge in [-0.25, -0.2) is 4.79 Å². The molecule has 3 nitrogen and oxygen atoms in total. The number of hydrogen-bond donors (Lipinski definition) is 0. The molecular weight excluding hydrogens is 214 g/mol. The molecular formula is C11H8ClNO2. The smallest absolute Gasteiger partial charge is 0.331 e. The number of nitrogens with zero attached hydrogens (tertiary/aromatic N) is 1. The number of rotatable bonds is 2. The zero-order valence-electron chi connectivity index (χ0n) is 8.03. The molecule has 0 saturated heterocycles. The van der Waals surface area contributed by atoms with Gasteiger partial charge in [-0.2, -0.15) is 5.26 Å². The van der Waals surface area contributed by atoms with Crippen molar-refractivity contribution in [2.75, 3.05) is 7.11 Å². The second kappa shape index (κ2) is 5.18. The molecule has 0 aliphatic carbocycles. The summed E-state index contributed by atoms with van der Waals surface area (Å²) in [6, 6.07) is 8.56. The molecule has 1 aromatic carbocycles. The highest BCUT2D eigenvalue weighted by Gasteiger charge is 2.03. The van der Waals surface area contributed by atoms with Crippen molar-refractivity contribution >= 4 is 23.1 Å². The Labute approximate surface area is 92.5 Å². The molecule has 0 aromatic heterocycles. The maximum atomic E-state index is 10.9. The lowest BCUT2D eigenvalue weighted by Crippen LogP contribution is -1.96. The first kappa shape index (κ1) is 11.3. The van der Waals surface area contributed by atoms with Crippen LogP contribution in [-0.2, 0) is 9.53 Å². The van der Waals surface area contributed by atoms with Gasteiger partial charge in [-0.05, 0) is 17.7 Å². The van der Waals surface area contributed by atoms with Crippen molar-refractivity contribution in [2.45, 2.75) is 0 Å². The van der Waals surface area contributed by atoms with E-state index in [-0.39, 0.29) is 5.57 Å². The lowest BCUT2D eigenvalue weighted by Gasteiger charge is -1.98. The van der Waals surface area contributed by atoms with E-state index in [0.717, 1.165) is 6.08 Å². The number of ether oxygens (including phenoxy) is 1. The molecule has 0 saturated carbocycles. The first-order chi connectivity index (χ1) is 7.17. The van der Waals surface area contributed by atoms with Crippen LogP contribution < -0.4 is 0 Å². The summed E-state index contributed by atoms with van der Waals surface area (Å²) in [5.41, 5.74) is 0.880. The van der Waals surface area contributed by atoms with E-state index in [1.54, 1.807) is 24.3 Å². The van der Waals surface area contributed by atoms with E-state index in [9.17, 15) is 4.79 Å². The maximum absolute atomic E-state index is 10.9. The van der Waals surface area contributed by atoms with Gasteiger partial charge < -0.3 is 4.74 Å². The second-order valence-corrected chi connectivity index (χ2v) is 3.14. The number of benzene rings is 1. The molecule has 0 heterocycles. The molecule has 0 spiro atoms. The number of hydrogen-bond acceptors (Lipinski definition) is 3. The molecule has 0 aliphatic heterocycles. The first-order valence-electron chi connectivity index (χ1n) is 4.13. The van der Waals surface area contributed by atoms with Gasteiger partial charge in [-0.15, -0.1) is 0 Å². The van der Waals surface area contributed by atoms with Crippen molar-refractivity contribution in [2.24, 2.45) is 0 Å². The number of esters is 1. The highest BCUT2D eigenvalue weighted by Crippen LogP contribution is 2.16. The predicted molar refractivity (Wildman–Crippen MR) is 57.1 cm³/mol. The van der Waals surface area contributed by atoms with E-state index < -0.39 is 5.97 Å². The maximum Gasteiger partial charge on any atom is 0.331 e. The van der Waals surface area contributed by atoms with Crippen LogP contribution in [0.4, 0.5) is 0 Å². The summed E-state index contributed by atoms with van der Waals surface area (Å²) in [4.78, 5) is 10.9. The van der Waals surface area contributed by atoms with Crippen LogP contribution in [-0.4, -0.2) is 13.1 Å². The summed E-state index contributed by atoms with van der Waals surface area (Å²) in [5, 5.41) is 9.41. The fraction of sp³-hybridized carbons (Fsp3) is 0.0909. The van der Waals surface area contributed by atoms with E-state index in [4.69, 9.17) is 16.9 Å². The van der Waals surface area contributed by atoms with Crippen molar-refractivity contribution in [1.29, 1.82) is 5.26 Å². The highest BCUT2D eigenvalue weighted by atomic mass is 35.5. The summed E-state index contributed by atoms with van der Waals surface area (Å²) in [7, 11) is 1.26. The van der Waals surface area contributed by atoms with Crippen molar-refractivity contribution in [3.05, 3.63) is 40.9 Å². The molecule has 0 aliphatic rings. The quantitative estimate of drug-likeness (QED) is 0.438. The van der Waals surface area contributed by atoms with Crippen molar-refractivity contribution in [1.82, 2.24) is 0 Å². The summed E-state index contributed by atoms with van der Waals surface area (Å²) < 4.78 is 4.44. The molecule has 1 aromatic rings. The average Bonchev–Trinajstić information content (AvgIpc) is 2.27. The number of nitriles is 1. The Morgan fingerprint density at radius 2 is 2.07 bits per heavy atom. The molecule has 15 heavy (non-hydrogen) atoms. The third-order valence-corrected chi connectivity index (χ3v) is 1.99. The molecule has 0 atom stereocenters. The van der Waals surface area contributed by atoms with Crippen molar-refractivity contribution in [3.63, 3.8) is 0 Å². The molecule has 0 unspecified atom stereocenters. The van der Waals surface area contributed by atoms with Crippen LogP contribution in [0.5, 0.6) is 0 Å². The fourth-order valence-electron chi connectivity index (χ4n) is 0.986. The van der Waals surface area contributed by atoms with Gasteiger partial charge in [-0.3, -0.25) is 0 Å². The van der Waals surface area contributed by atoms with Crippen LogP contribution in [0.1, 0.15) is 5.56 Å². The van der Waals surface area contributed by atoms with Gasteiger partial charge in [0.1, 0.15) is 6.07 Å². The average molecular weight is 222 g/mol. The molecule has 76 valence electrons. The minimum absolute atomic E-state index is 0.249. The fourth-order valence-corrected chi connectivity index (χ4v) is 1.11. The Balaban J connectivity index is 3.04. The van der Waals surface area contributed by atoms with E-state index >= 15 is 0 Å². The lowest BCUT2D eigenvalue weighted by molar-refractivity contribution is -0.134. The SMILES string of the molecule is COC(=O)C=C(C#N)c1ccc(Cl)cc1. The highest BCUT2D eigenvalue weighted by molar-refractivity contribution is 6.30. The third-order valence-electron chi connectivity index (χ3n) is 1.74. The molecule has 0 radical (unpaired) electrons. The molecule has 0 amide bonds. The zero-order valence-corrected chi connectivity index (χ0v) is 8.78. The normalized spacial score (nSPS) is 10.6. The van der Waals surface area contributed by atoms with Crippen molar-refractivity contribution < 1.29 is 9.53 Å². The first-order valence-corrected chi connectivity index (χ1v) is 4.51. The summed E-state index contributed by atoms with van der Waals surface area (Å²) >= 11 is 5.70. The minimum atomic E-state index is -0.554. The number of carbonyl (C=O) groups is 1. The Morgan fingerprint density at radius 1 is 1.47 bits per heavy atom. The van der Waals surface area contributed by atoms with Crippen molar-refractivity contribution in [3.8, 4) is 6.07 Å².